The maximum absolute atomic E-state index is 10.9. The van der Waals surface area contributed by atoms with E-state index in [2.05, 4.69) is 36.8 Å². The first kappa shape index (κ1) is 14.5. The molecule has 0 atom stereocenters. The Hall–Kier alpha value is -0.550. The number of hydrogen-bond acceptors (Lipinski definition) is 5. The molecule has 0 unspecified atom stereocenters. The van der Waals surface area contributed by atoms with Gasteiger partial charge in [-0.05, 0) is 0 Å². The van der Waals surface area contributed by atoms with E-state index in [1.165, 1.54) is 24.7 Å². The fraction of sp³-hybridized carbons (Fsp3) is 0.600. The SMILES string of the molecule is CC(=O)c1cnc(NCCS)s1.CCC. The lowest BCUT2D eigenvalue weighted by atomic mass is 10.4. The van der Waals surface area contributed by atoms with E-state index in [4.69, 9.17) is 0 Å². The van der Waals surface area contributed by atoms with E-state index < -0.39 is 0 Å². The number of carbonyl (C=O) groups excluding carboxylic acids is 1. The molecule has 1 heterocycles. The van der Waals surface area contributed by atoms with Gasteiger partial charge in [0.15, 0.2) is 10.9 Å². The molecular weight excluding hydrogens is 228 g/mol. The van der Waals surface area contributed by atoms with E-state index in [1.807, 2.05) is 0 Å². The molecule has 15 heavy (non-hydrogen) atoms. The number of ketones is 1. The lowest BCUT2D eigenvalue weighted by molar-refractivity contribution is 0.102. The van der Waals surface area contributed by atoms with Gasteiger partial charge >= 0.3 is 0 Å². The molecule has 1 aromatic heterocycles. The second-order valence-electron chi connectivity index (χ2n) is 2.94. The third-order valence-corrected chi connectivity index (χ3v) is 2.52. The Morgan fingerprint density at radius 1 is 1.60 bits per heavy atom. The van der Waals surface area contributed by atoms with Crippen molar-refractivity contribution < 1.29 is 4.79 Å². The summed E-state index contributed by atoms with van der Waals surface area (Å²) in [7, 11) is 0. The van der Waals surface area contributed by atoms with Gasteiger partial charge in [0.2, 0.25) is 0 Å². The molecule has 0 bridgehead atoms. The molecule has 0 aliphatic carbocycles. The van der Waals surface area contributed by atoms with Crippen LogP contribution < -0.4 is 5.32 Å². The monoisotopic (exact) mass is 246 g/mol. The molecule has 0 aliphatic heterocycles. The van der Waals surface area contributed by atoms with Crippen LogP contribution in [-0.2, 0) is 0 Å². The number of hydrogen-bond donors (Lipinski definition) is 2. The summed E-state index contributed by atoms with van der Waals surface area (Å²) in [6.45, 7) is 6.56. The summed E-state index contributed by atoms with van der Waals surface area (Å²) in [6, 6.07) is 0. The van der Waals surface area contributed by atoms with Gasteiger partial charge in [-0.1, -0.05) is 31.6 Å². The predicted octanol–water partition coefficient (Wildman–Crippen LogP) is 3.10. The zero-order valence-electron chi connectivity index (χ0n) is 9.41. The predicted molar refractivity (Wildman–Crippen MR) is 70.4 cm³/mol. The van der Waals surface area contributed by atoms with Gasteiger partial charge in [0, 0.05) is 19.2 Å². The summed E-state index contributed by atoms with van der Waals surface area (Å²) in [5, 5.41) is 3.83. The fourth-order valence-electron chi connectivity index (χ4n) is 0.681. The quantitative estimate of drug-likeness (QED) is 0.633. The van der Waals surface area contributed by atoms with Crippen molar-refractivity contribution >= 4 is 34.9 Å². The van der Waals surface area contributed by atoms with Crippen LogP contribution in [0.15, 0.2) is 6.20 Å². The van der Waals surface area contributed by atoms with E-state index in [0.29, 0.717) is 4.88 Å². The number of anilines is 1. The zero-order valence-corrected chi connectivity index (χ0v) is 11.1. The summed E-state index contributed by atoms with van der Waals surface area (Å²) in [5.41, 5.74) is 0. The molecule has 0 radical (unpaired) electrons. The van der Waals surface area contributed by atoms with Gasteiger partial charge in [-0.3, -0.25) is 4.79 Å². The maximum atomic E-state index is 10.9. The molecule has 86 valence electrons. The van der Waals surface area contributed by atoms with Gasteiger partial charge in [-0.2, -0.15) is 12.6 Å². The maximum Gasteiger partial charge on any atom is 0.183 e. The molecule has 1 aromatic rings. The molecule has 0 fully saturated rings. The van der Waals surface area contributed by atoms with E-state index in [0.717, 1.165) is 17.4 Å². The summed E-state index contributed by atoms with van der Waals surface area (Å²) in [6.07, 6.45) is 2.84. The normalized spacial score (nSPS) is 9.07. The van der Waals surface area contributed by atoms with Crippen LogP contribution in [0.3, 0.4) is 0 Å². The summed E-state index contributed by atoms with van der Waals surface area (Å²) < 4.78 is 0. The van der Waals surface area contributed by atoms with Crippen molar-refractivity contribution in [2.75, 3.05) is 17.6 Å². The standard InChI is InChI=1S/C7H10N2OS2.C3H8/c1-5(10)6-4-9-7(12-6)8-2-3-11;1-3-2/h4,11H,2-3H2,1H3,(H,8,9);3H2,1-2H3. The third-order valence-electron chi connectivity index (χ3n) is 1.24. The molecule has 0 saturated carbocycles. The first-order valence-corrected chi connectivity index (χ1v) is 6.42. The largest absolute Gasteiger partial charge is 0.361 e. The molecule has 3 nitrogen and oxygen atoms in total. The van der Waals surface area contributed by atoms with Crippen LogP contribution >= 0.6 is 24.0 Å². The van der Waals surface area contributed by atoms with Crippen LogP contribution in [0.4, 0.5) is 5.13 Å². The molecule has 0 spiro atoms. The van der Waals surface area contributed by atoms with Gasteiger partial charge in [-0.15, -0.1) is 0 Å². The number of thiol groups is 1. The first-order chi connectivity index (χ1) is 7.15. The minimum Gasteiger partial charge on any atom is -0.361 e. The minimum absolute atomic E-state index is 0.0615. The second kappa shape index (κ2) is 8.73. The highest BCUT2D eigenvalue weighted by atomic mass is 32.1. The van der Waals surface area contributed by atoms with Crippen LogP contribution in [0.1, 0.15) is 36.9 Å². The Labute approximate surface area is 101 Å². The first-order valence-electron chi connectivity index (χ1n) is 4.97. The van der Waals surface area contributed by atoms with Crippen molar-refractivity contribution in [3.63, 3.8) is 0 Å². The highest BCUT2D eigenvalue weighted by Gasteiger charge is 2.04. The molecule has 0 aromatic carbocycles. The molecule has 1 rings (SSSR count). The molecule has 0 amide bonds. The van der Waals surface area contributed by atoms with Gasteiger partial charge in [-0.25, -0.2) is 4.98 Å². The Balaban J connectivity index is 0.000000583. The zero-order chi connectivity index (χ0) is 11.7. The number of rotatable bonds is 4. The summed E-state index contributed by atoms with van der Waals surface area (Å²) in [5.74, 6) is 0.820. The van der Waals surface area contributed by atoms with Crippen molar-refractivity contribution in [3.05, 3.63) is 11.1 Å². The number of nitrogens with one attached hydrogen (secondary N) is 1. The summed E-state index contributed by atoms with van der Waals surface area (Å²) >= 11 is 5.42. The van der Waals surface area contributed by atoms with Crippen LogP contribution in [0, 0.1) is 0 Å². The highest BCUT2D eigenvalue weighted by molar-refractivity contribution is 7.80. The van der Waals surface area contributed by atoms with Crippen LogP contribution in [0.5, 0.6) is 0 Å². The lowest BCUT2D eigenvalue weighted by Gasteiger charge is -1.95. The van der Waals surface area contributed by atoms with Gasteiger partial charge in [0.25, 0.3) is 0 Å². The van der Waals surface area contributed by atoms with Crippen LogP contribution in [0.2, 0.25) is 0 Å². The number of Topliss-reactive ketones (excluding diaryl/α,β-unsaturated/α-hetero) is 1. The fourth-order valence-corrected chi connectivity index (χ4v) is 1.53. The van der Waals surface area contributed by atoms with E-state index in [9.17, 15) is 4.79 Å². The Bertz CT molecular complexity index is 287. The lowest BCUT2D eigenvalue weighted by Crippen LogP contribution is -2.01. The Morgan fingerprint density at radius 2 is 2.20 bits per heavy atom. The minimum atomic E-state index is 0.0615. The Kier molecular flexibility index (Phi) is 8.41. The number of aromatic nitrogens is 1. The van der Waals surface area contributed by atoms with Gasteiger partial charge < -0.3 is 5.32 Å². The van der Waals surface area contributed by atoms with Crippen LogP contribution in [0.25, 0.3) is 0 Å². The average Bonchev–Trinajstić information content (AvgIpc) is 2.64. The van der Waals surface area contributed by atoms with Crippen LogP contribution in [-0.4, -0.2) is 23.1 Å². The number of carbonyl (C=O) groups is 1. The molecular formula is C10H18N2OS2. The molecule has 5 heteroatoms. The summed E-state index contributed by atoms with van der Waals surface area (Å²) in [4.78, 5) is 15.6. The van der Waals surface area contributed by atoms with Crippen molar-refractivity contribution in [2.45, 2.75) is 27.2 Å². The van der Waals surface area contributed by atoms with Crippen molar-refractivity contribution in [3.8, 4) is 0 Å². The second-order valence-corrected chi connectivity index (χ2v) is 4.42. The van der Waals surface area contributed by atoms with Gasteiger partial charge in [0.05, 0.1) is 11.1 Å². The van der Waals surface area contributed by atoms with Crippen molar-refractivity contribution in [1.29, 1.82) is 0 Å². The molecule has 0 aliphatic rings. The topological polar surface area (TPSA) is 42.0 Å². The highest BCUT2D eigenvalue weighted by Crippen LogP contribution is 2.17. The van der Waals surface area contributed by atoms with Gasteiger partial charge in [0.1, 0.15) is 0 Å². The molecule has 1 N–H and O–H groups in total. The van der Waals surface area contributed by atoms with Crippen molar-refractivity contribution in [1.82, 2.24) is 4.98 Å². The number of nitrogens with zero attached hydrogens (tertiary/aromatic N) is 1. The smallest absolute Gasteiger partial charge is 0.183 e. The Morgan fingerprint density at radius 3 is 2.60 bits per heavy atom. The van der Waals surface area contributed by atoms with E-state index in [-0.39, 0.29) is 5.78 Å². The van der Waals surface area contributed by atoms with E-state index in [1.54, 1.807) is 6.20 Å². The average molecular weight is 246 g/mol. The number of thiazole rings is 1. The third kappa shape index (κ3) is 6.52. The van der Waals surface area contributed by atoms with E-state index >= 15 is 0 Å². The molecule has 0 saturated heterocycles. The van der Waals surface area contributed by atoms with Crippen molar-refractivity contribution in [2.24, 2.45) is 0 Å².